The molecule has 1 unspecified atom stereocenters. The van der Waals surface area contributed by atoms with Gasteiger partial charge in [0.15, 0.2) is 0 Å². The van der Waals surface area contributed by atoms with E-state index in [9.17, 15) is 9.59 Å². The average Bonchev–Trinajstić information content (AvgIpc) is 2.43. The SMILES string of the molecule is COC(C)CNC(=O)c1ccc2c(c1)CCC(=O)N2. The van der Waals surface area contributed by atoms with E-state index in [0.29, 0.717) is 24.9 Å². The summed E-state index contributed by atoms with van der Waals surface area (Å²) in [6.45, 7) is 2.37. The number of fused-ring (bicyclic) bond motifs is 1. The number of aryl methyl sites for hydroxylation is 1. The first-order chi connectivity index (χ1) is 9.10. The number of hydrogen-bond donors (Lipinski definition) is 2. The Bertz CT molecular complexity index is 499. The minimum absolute atomic E-state index is 0.0131. The number of carbonyl (C=O) groups is 2. The van der Waals surface area contributed by atoms with Crippen molar-refractivity contribution in [3.05, 3.63) is 29.3 Å². The summed E-state index contributed by atoms with van der Waals surface area (Å²) in [7, 11) is 1.61. The fourth-order valence-corrected chi connectivity index (χ4v) is 1.95. The highest BCUT2D eigenvalue weighted by Crippen LogP contribution is 2.23. The van der Waals surface area contributed by atoms with Crippen LogP contribution in [0.3, 0.4) is 0 Å². The van der Waals surface area contributed by atoms with Crippen molar-refractivity contribution >= 4 is 17.5 Å². The monoisotopic (exact) mass is 262 g/mol. The van der Waals surface area contributed by atoms with Crippen molar-refractivity contribution in [1.82, 2.24) is 5.32 Å². The molecule has 0 aromatic heterocycles. The average molecular weight is 262 g/mol. The van der Waals surface area contributed by atoms with Gasteiger partial charge in [-0.25, -0.2) is 0 Å². The van der Waals surface area contributed by atoms with E-state index in [2.05, 4.69) is 10.6 Å². The quantitative estimate of drug-likeness (QED) is 0.860. The van der Waals surface area contributed by atoms with Crippen LogP contribution in [-0.2, 0) is 16.0 Å². The van der Waals surface area contributed by atoms with Crippen LogP contribution in [0.15, 0.2) is 18.2 Å². The predicted molar refractivity (Wildman–Crippen MR) is 72.2 cm³/mol. The first-order valence-electron chi connectivity index (χ1n) is 6.34. The molecule has 2 amide bonds. The molecule has 102 valence electrons. The Kier molecular flexibility index (Phi) is 4.16. The van der Waals surface area contributed by atoms with Crippen molar-refractivity contribution in [3.8, 4) is 0 Å². The maximum atomic E-state index is 12.0. The number of hydrogen-bond acceptors (Lipinski definition) is 3. The highest BCUT2D eigenvalue weighted by atomic mass is 16.5. The van der Waals surface area contributed by atoms with Crippen LogP contribution in [0.25, 0.3) is 0 Å². The van der Waals surface area contributed by atoms with Crippen LogP contribution in [0.2, 0.25) is 0 Å². The lowest BCUT2D eigenvalue weighted by Gasteiger charge is -2.17. The van der Waals surface area contributed by atoms with Crippen molar-refractivity contribution in [1.29, 1.82) is 0 Å². The molecule has 5 nitrogen and oxygen atoms in total. The molecule has 0 spiro atoms. The second-order valence-corrected chi connectivity index (χ2v) is 4.68. The van der Waals surface area contributed by atoms with E-state index in [0.717, 1.165) is 11.3 Å². The summed E-state index contributed by atoms with van der Waals surface area (Å²) in [6.07, 6.45) is 1.14. The van der Waals surface area contributed by atoms with Gasteiger partial charge in [-0.1, -0.05) is 0 Å². The topological polar surface area (TPSA) is 67.4 Å². The normalized spacial score (nSPS) is 15.4. The van der Waals surface area contributed by atoms with Crippen molar-refractivity contribution < 1.29 is 14.3 Å². The van der Waals surface area contributed by atoms with E-state index >= 15 is 0 Å². The molecule has 0 saturated heterocycles. The van der Waals surface area contributed by atoms with Crippen molar-refractivity contribution in [3.63, 3.8) is 0 Å². The zero-order valence-corrected chi connectivity index (χ0v) is 11.2. The van der Waals surface area contributed by atoms with Gasteiger partial charge >= 0.3 is 0 Å². The summed E-state index contributed by atoms with van der Waals surface area (Å²) in [6, 6.07) is 5.33. The van der Waals surface area contributed by atoms with Crippen LogP contribution in [0.4, 0.5) is 5.69 Å². The number of ether oxygens (including phenoxy) is 1. The molecule has 1 aliphatic rings. The fourth-order valence-electron chi connectivity index (χ4n) is 1.95. The third kappa shape index (κ3) is 3.32. The molecule has 1 heterocycles. The largest absolute Gasteiger partial charge is 0.380 e. The molecule has 2 rings (SSSR count). The number of methoxy groups -OCH3 is 1. The van der Waals surface area contributed by atoms with E-state index in [1.54, 1.807) is 19.2 Å². The van der Waals surface area contributed by atoms with Crippen LogP contribution in [-0.4, -0.2) is 31.6 Å². The lowest BCUT2D eigenvalue weighted by molar-refractivity contribution is -0.116. The van der Waals surface area contributed by atoms with Gasteiger partial charge in [0.05, 0.1) is 6.10 Å². The minimum atomic E-state index is -0.122. The summed E-state index contributed by atoms with van der Waals surface area (Å²) in [5.74, 6) is -0.0952. The second kappa shape index (κ2) is 5.84. The van der Waals surface area contributed by atoms with E-state index < -0.39 is 0 Å². The molecular weight excluding hydrogens is 244 g/mol. The molecule has 0 radical (unpaired) electrons. The van der Waals surface area contributed by atoms with Gasteiger partial charge in [-0.15, -0.1) is 0 Å². The van der Waals surface area contributed by atoms with Crippen molar-refractivity contribution in [2.24, 2.45) is 0 Å². The smallest absolute Gasteiger partial charge is 0.251 e. The van der Waals surface area contributed by atoms with E-state index in [4.69, 9.17) is 4.74 Å². The third-order valence-electron chi connectivity index (χ3n) is 3.22. The standard InChI is InChI=1S/C14H18N2O3/c1-9(19-2)8-15-14(18)11-3-5-12-10(7-11)4-6-13(17)16-12/h3,5,7,9H,4,6,8H2,1-2H3,(H,15,18)(H,16,17). The third-order valence-corrected chi connectivity index (χ3v) is 3.22. The molecule has 5 heteroatoms. The number of amides is 2. The number of benzene rings is 1. The Morgan fingerprint density at radius 2 is 2.26 bits per heavy atom. The van der Waals surface area contributed by atoms with Gasteiger partial charge in [-0.3, -0.25) is 9.59 Å². The number of rotatable bonds is 4. The van der Waals surface area contributed by atoms with Gasteiger partial charge in [0.2, 0.25) is 5.91 Å². The summed E-state index contributed by atoms with van der Waals surface area (Å²) in [5, 5.41) is 5.61. The minimum Gasteiger partial charge on any atom is -0.380 e. The first kappa shape index (κ1) is 13.5. The van der Waals surface area contributed by atoms with Crippen LogP contribution in [0, 0.1) is 0 Å². The van der Waals surface area contributed by atoms with Crippen molar-refractivity contribution in [2.75, 3.05) is 19.0 Å². The predicted octanol–water partition coefficient (Wildman–Crippen LogP) is 1.34. The van der Waals surface area contributed by atoms with Gasteiger partial charge in [0, 0.05) is 31.3 Å². The van der Waals surface area contributed by atoms with Gasteiger partial charge in [-0.2, -0.15) is 0 Å². The number of nitrogens with one attached hydrogen (secondary N) is 2. The fraction of sp³-hybridized carbons (Fsp3) is 0.429. The van der Waals surface area contributed by atoms with Crippen molar-refractivity contribution in [2.45, 2.75) is 25.9 Å². The van der Waals surface area contributed by atoms with Crippen LogP contribution in [0.1, 0.15) is 29.3 Å². The highest BCUT2D eigenvalue weighted by molar-refractivity contribution is 5.97. The van der Waals surface area contributed by atoms with Gasteiger partial charge < -0.3 is 15.4 Å². The molecule has 1 aromatic carbocycles. The Hall–Kier alpha value is -1.88. The van der Waals surface area contributed by atoms with Crippen LogP contribution < -0.4 is 10.6 Å². The molecular formula is C14H18N2O3. The van der Waals surface area contributed by atoms with Crippen LogP contribution >= 0.6 is 0 Å². The van der Waals surface area contributed by atoms with Gasteiger partial charge in [0.25, 0.3) is 5.91 Å². The molecule has 1 aromatic rings. The molecule has 0 fully saturated rings. The molecule has 19 heavy (non-hydrogen) atoms. The Labute approximate surface area is 112 Å². The maximum absolute atomic E-state index is 12.0. The lowest BCUT2D eigenvalue weighted by atomic mass is 10.00. The zero-order valence-electron chi connectivity index (χ0n) is 11.2. The molecule has 1 atom stereocenters. The van der Waals surface area contributed by atoms with E-state index in [1.807, 2.05) is 13.0 Å². The zero-order chi connectivity index (χ0) is 13.8. The number of carbonyl (C=O) groups excluding carboxylic acids is 2. The van der Waals surface area contributed by atoms with Gasteiger partial charge in [0.1, 0.15) is 0 Å². The van der Waals surface area contributed by atoms with E-state index in [-0.39, 0.29) is 17.9 Å². The maximum Gasteiger partial charge on any atom is 0.251 e. The van der Waals surface area contributed by atoms with E-state index in [1.165, 1.54) is 0 Å². The molecule has 0 bridgehead atoms. The van der Waals surface area contributed by atoms with Crippen LogP contribution in [0.5, 0.6) is 0 Å². The molecule has 1 aliphatic heterocycles. The Morgan fingerprint density at radius 1 is 1.47 bits per heavy atom. The summed E-state index contributed by atoms with van der Waals surface area (Å²) >= 11 is 0. The van der Waals surface area contributed by atoms with Gasteiger partial charge in [-0.05, 0) is 37.1 Å². The Morgan fingerprint density at radius 3 is 3.00 bits per heavy atom. The molecule has 2 N–H and O–H groups in total. The Balaban J connectivity index is 2.05. The summed E-state index contributed by atoms with van der Waals surface area (Å²) in [5.41, 5.74) is 2.42. The second-order valence-electron chi connectivity index (χ2n) is 4.68. The molecule has 0 aliphatic carbocycles. The molecule has 0 saturated carbocycles. The summed E-state index contributed by atoms with van der Waals surface area (Å²) < 4.78 is 5.08. The lowest BCUT2D eigenvalue weighted by Crippen LogP contribution is -2.31. The number of anilines is 1. The highest BCUT2D eigenvalue weighted by Gasteiger charge is 2.16. The summed E-state index contributed by atoms with van der Waals surface area (Å²) in [4.78, 5) is 23.2. The first-order valence-corrected chi connectivity index (χ1v) is 6.34.